The number of rotatable bonds is 11. The molecule has 0 bridgehead atoms. The number of benzene rings is 4. The molecule has 4 heterocycles. The summed E-state index contributed by atoms with van der Waals surface area (Å²) in [5, 5.41) is 2.71. The molecule has 336 valence electrons. The lowest BCUT2D eigenvalue weighted by molar-refractivity contribution is -0.188. The van der Waals surface area contributed by atoms with Gasteiger partial charge in [-0.25, -0.2) is 19.8 Å². The van der Waals surface area contributed by atoms with Crippen LogP contribution in [0.3, 0.4) is 0 Å². The summed E-state index contributed by atoms with van der Waals surface area (Å²) in [5.41, 5.74) is 6.48. The second-order valence-electron chi connectivity index (χ2n) is 14.6. The fourth-order valence-electron chi connectivity index (χ4n) is 7.91. The number of alkyl carbamates (subject to hydrolysis) is 1. The molecule has 8 rings (SSSR count). The predicted octanol–water partition coefficient (Wildman–Crippen LogP) is 8.62. The topological polar surface area (TPSA) is 167 Å². The molecule has 2 aliphatic rings. The number of carbonyl (C=O) groups is 3. The van der Waals surface area contributed by atoms with Crippen LogP contribution in [0.15, 0.2) is 114 Å². The van der Waals surface area contributed by atoms with Crippen molar-refractivity contribution in [2.75, 3.05) is 27.3 Å². The summed E-state index contributed by atoms with van der Waals surface area (Å²) in [6, 6.07) is 30.2. The second kappa shape index (κ2) is 23.2. The number of amides is 3. The summed E-state index contributed by atoms with van der Waals surface area (Å²) in [5.74, 6) is 7.60. The van der Waals surface area contributed by atoms with E-state index in [4.69, 9.17) is 14.6 Å². The Hall–Kier alpha value is -6.54. The molecule has 2 aliphatic heterocycles. The normalized spacial score (nSPS) is 16.2. The van der Waals surface area contributed by atoms with Gasteiger partial charge in [0, 0.05) is 24.2 Å². The van der Waals surface area contributed by atoms with Crippen LogP contribution >= 0.6 is 27.0 Å². The van der Waals surface area contributed by atoms with Gasteiger partial charge in [-0.05, 0) is 72.7 Å². The van der Waals surface area contributed by atoms with Gasteiger partial charge in [0.05, 0.1) is 49.2 Å². The standard InChI is InChI=1S/C46H44N8O6.2CH4.2H2S/c1-58-46(57)52-41(34-13-7-4-8-14-34)45(56)53-25-9-15-38(53)42-47-28-37(51-42)32-22-19-30(20-23-32)17-18-31-21-24-35-36(27-31)50-43(49-35)39-16-10-26-54(39)44(55)40(48-29-60-59-2)33-11-5-3-6-12-33;;;;/h3-8,11-14,19-24,27-29,38-41H,9-10,15-16,25-26H2,1-2H3,(H,47,51)(H,49,50)(H,52,57);2*1H4;2*1H2/t38-,39-,40+,41+;;;;/m0..../s1. The number of aliphatic imine (C=N–C) groups is 1. The Balaban J connectivity index is 0.00000224. The Kier molecular flexibility index (Phi) is 18.2. The first kappa shape index (κ1) is 50.1. The highest BCUT2D eigenvalue weighted by Gasteiger charge is 2.38. The van der Waals surface area contributed by atoms with E-state index >= 15 is 0 Å². The van der Waals surface area contributed by atoms with Crippen LogP contribution in [0.25, 0.3) is 22.3 Å². The first-order valence-electron chi connectivity index (χ1n) is 19.8. The minimum atomic E-state index is -0.885. The molecule has 4 aromatic carbocycles. The molecule has 0 spiro atoms. The molecule has 2 saturated heterocycles. The number of fused-ring (bicyclic) bond motifs is 1. The average Bonchev–Trinajstić information content (AvgIpc) is 4.13. The van der Waals surface area contributed by atoms with Gasteiger partial charge in [0.15, 0.2) is 6.04 Å². The van der Waals surface area contributed by atoms with Crippen molar-refractivity contribution in [1.82, 2.24) is 35.1 Å². The van der Waals surface area contributed by atoms with Gasteiger partial charge in [-0.2, -0.15) is 31.9 Å². The number of aromatic amines is 2. The fourth-order valence-corrected chi connectivity index (χ4v) is 7.91. The Morgan fingerprint density at radius 3 is 2.05 bits per heavy atom. The number of ether oxygens (including phenoxy) is 1. The number of aromatic nitrogens is 4. The Labute approximate surface area is 388 Å². The van der Waals surface area contributed by atoms with Crippen molar-refractivity contribution in [2.24, 2.45) is 4.99 Å². The van der Waals surface area contributed by atoms with Crippen molar-refractivity contribution in [2.45, 2.75) is 64.7 Å². The number of methoxy groups -OCH3 is 1. The highest BCUT2D eigenvalue weighted by Crippen LogP contribution is 2.36. The maximum atomic E-state index is 13.9. The van der Waals surface area contributed by atoms with Gasteiger partial charge < -0.3 is 34.7 Å². The minimum Gasteiger partial charge on any atom is -0.453 e. The zero-order valence-corrected chi connectivity index (χ0v) is 36.2. The maximum Gasteiger partial charge on any atom is 0.407 e. The number of nitrogens with zero attached hydrogens (tertiary/aromatic N) is 5. The molecule has 0 aliphatic carbocycles. The second-order valence-corrected chi connectivity index (χ2v) is 14.6. The summed E-state index contributed by atoms with van der Waals surface area (Å²) in [4.78, 5) is 74.0. The summed E-state index contributed by atoms with van der Waals surface area (Å²) in [7, 11) is 2.66. The molecule has 3 amide bonds. The smallest absolute Gasteiger partial charge is 0.407 e. The van der Waals surface area contributed by atoms with E-state index in [1.807, 2.05) is 108 Å². The first-order valence-corrected chi connectivity index (χ1v) is 19.8. The molecular formula is C48H56N8O6S2. The average molecular weight is 905 g/mol. The molecule has 3 N–H and O–H groups in total. The number of likely N-dealkylation sites (tertiary alicyclic amines) is 2. The van der Waals surface area contributed by atoms with Crippen molar-refractivity contribution in [3.05, 3.63) is 143 Å². The Morgan fingerprint density at radius 1 is 0.781 bits per heavy atom. The molecule has 64 heavy (non-hydrogen) atoms. The molecule has 4 atom stereocenters. The van der Waals surface area contributed by atoms with Crippen LogP contribution in [0.1, 0.15) is 98.6 Å². The van der Waals surface area contributed by atoms with Crippen LogP contribution < -0.4 is 5.32 Å². The zero-order chi connectivity index (χ0) is 41.4. The molecular weight excluding hydrogens is 849 g/mol. The maximum absolute atomic E-state index is 13.9. The van der Waals surface area contributed by atoms with E-state index < -0.39 is 18.2 Å². The lowest BCUT2D eigenvalue weighted by Gasteiger charge is -2.28. The first-order chi connectivity index (χ1) is 29.4. The van der Waals surface area contributed by atoms with E-state index in [9.17, 15) is 14.4 Å². The van der Waals surface area contributed by atoms with Crippen LogP contribution in [0.2, 0.25) is 0 Å². The Morgan fingerprint density at radius 2 is 1.39 bits per heavy atom. The van der Waals surface area contributed by atoms with Crippen LogP contribution in [0, 0.1) is 11.8 Å². The van der Waals surface area contributed by atoms with E-state index in [0.29, 0.717) is 24.5 Å². The number of imidazole rings is 2. The summed E-state index contributed by atoms with van der Waals surface area (Å²) in [6.45, 7) is 1.14. The Bertz CT molecular complexity index is 2560. The van der Waals surface area contributed by atoms with Crippen molar-refractivity contribution < 1.29 is 28.9 Å². The molecule has 14 nitrogen and oxygen atoms in total. The van der Waals surface area contributed by atoms with E-state index in [0.717, 1.165) is 76.9 Å². The molecule has 16 heteroatoms. The van der Waals surface area contributed by atoms with E-state index in [2.05, 4.69) is 42.0 Å². The van der Waals surface area contributed by atoms with Gasteiger partial charge in [-0.15, -0.1) is 0 Å². The van der Waals surface area contributed by atoms with Gasteiger partial charge in [0.1, 0.15) is 17.7 Å². The fraction of sp³-hybridized carbons (Fsp3) is 0.292. The van der Waals surface area contributed by atoms with E-state index in [1.54, 1.807) is 11.1 Å². The third-order valence-corrected chi connectivity index (χ3v) is 10.9. The largest absolute Gasteiger partial charge is 0.453 e. The van der Waals surface area contributed by atoms with E-state index in [1.165, 1.54) is 14.2 Å². The van der Waals surface area contributed by atoms with Crippen molar-refractivity contribution in [1.29, 1.82) is 0 Å². The summed E-state index contributed by atoms with van der Waals surface area (Å²) >= 11 is 0. The molecule has 6 aromatic rings. The number of carbonyl (C=O) groups excluding carboxylic acids is 3. The van der Waals surface area contributed by atoms with Crippen LogP contribution in [0.5, 0.6) is 0 Å². The monoisotopic (exact) mass is 904 g/mol. The number of nitrogens with one attached hydrogen (secondary N) is 3. The number of hydrogen-bond donors (Lipinski definition) is 3. The lowest BCUT2D eigenvalue weighted by atomic mass is 10.1. The van der Waals surface area contributed by atoms with Gasteiger partial charge in [-0.3, -0.25) is 9.59 Å². The minimum absolute atomic E-state index is 0. The van der Waals surface area contributed by atoms with Gasteiger partial charge >= 0.3 is 6.09 Å². The highest BCUT2D eigenvalue weighted by molar-refractivity contribution is 7.59. The van der Waals surface area contributed by atoms with Gasteiger partial charge in [-0.1, -0.05) is 99.5 Å². The highest BCUT2D eigenvalue weighted by atomic mass is 32.1. The molecule has 0 radical (unpaired) electrons. The lowest BCUT2D eigenvalue weighted by Crippen LogP contribution is -2.42. The quantitative estimate of drug-likeness (QED) is 0.0382. The summed E-state index contributed by atoms with van der Waals surface area (Å²) in [6.07, 6.45) is 5.43. The molecule has 0 unspecified atom stereocenters. The molecule has 2 fully saturated rings. The number of H-pyrrole nitrogens is 2. The van der Waals surface area contributed by atoms with Crippen LogP contribution in [-0.4, -0.2) is 81.4 Å². The number of hydrogen-bond acceptors (Lipinski definition) is 9. The van der Waals surface area contributed by atoms with Gasteiger partial charge in [0.25, 0.3) is 11.8 Å². The summed E-state index contributed by atoms with van der Waals surface area (Å²) < 4.78 is 4.82. The van der Waals surface area contributed by atoms with Crippen LogP contribution in [0.4, 0.5) is 4.79 Å². The molecule has 2 aromatic heterocycles. The van der Waals surface area contributed by atoms with Gasteiger partial charge in [0.2, 0.25) is 6.40 Å². The van der Waals surface area contributed by atoms with Crippen molar-refractivity contribution >= 4 is 62.3 Å². The van der Waals surface area contributed by atoms with E-state index in [-0.39, 0.29) is 65.7 Å². The predicted molar refractivity (Wildman–Crippen MR) is 258 cm³/mol. The van der Waals surface area contributed by atoms with Crippen LogP contribution in [-0.2, 0) is 24.1 Å². The SMILES string of the molecule is C.C.COOC=N[C@@H](C(=O)N1CCC[C@H]1c1nc2ccc(C#Cc3ccc(-c4cnc([C@@H]5CCCN5C(=O)[C@H](NC(=O)OC)c5ccccc5)[nH]4)cc3)cc2[nH]1)c1ccccc1.S.S. The van der Waals surface area contributed by atoms with Crippen molar-refractivity contribution in [3.63, 3.8) is 0 Å². The molecule has 0 saturated carbocycles. The third kappa shape index (κ3) is 11.1. The van der Waals surface area contributed by atoms with Crippen molar-refractivity contribution in [3.8, 4) is 23.1 Å². The zero-order valence-electron chi connectivity index (χ0n) is 34.2. The third-order valence-electron chi connectivity index (χ3n) is 10.9.